The number of hydrogen-bond donors (Lipinski definition) is 0. The maximum atomic E-state index is 12.5. The van der Waals surface area contributed by atoms with Crippen LogP contribution in [0.25, 0.3) is 0 Å². The zero-order valence-corrected chi connectivity index (χ0v) is 15.9. The molecular weight excluding hydrogens is 310 g/mol. The molecule has 1 amide bonds. The third kappa shape index (κ3) is 5.34. The van der Waals surface area contributed by atoms with Gasteiger partial charge in [0.15, 0.2) is 0 Å². The van der Waals surface area contributed by atoms with Crippen molar-refractivity contribution in [1.82, 2.24) is 14.4 Å². The van der Waals surface area contributed by atoms with Gasteiger partial charge in [-0.1, -0.05) is 12.8 Å². The Kier molecular flexibility index (Phi) is 6.97. The van der Waals surface area contributed by atoms with Gasteiger partial charge in [-0.15, -0.1) is 0 Å². The standard InChI is InChI=1S/C21H35N3O/c1-22(18-19-10-9-17-24-16-6-4-11-20(19)24)21(25)12-3-2-5-13-23-14-7-8-15-23/h7-8,14-15,19-20H,2-6,9-13,16-18H2,1H3. The van der Waals surface area contributed by atoms with Gasteiger partial charge in [-0.25, -0.2) is 0 Å². The molecular formula is C21H35N3O. The molecule has 4 nitrogen and oxygen atoms in total. The first-order chi connectivity index (χ1) is 12.2. The summed E-state index contributed by atoms with van der Waals surface area (Å²) in [5.41, 5.74) is 0. The minimum Gasteiger partial charge on any atom is -0.354 e. The van der Waals surface area contributed by atoms with Crippen LogP contribution in [-0.4, -0.2) is 53.0 Å². The number of aromatic nitrogens is 1. The number of rotatable bonds is 8. The average molecular weight is 346 g/mol. The molecule has 0 radical (unpaired) electrons. The van der Waals surface area contributed by atoms with Gasteiger partial charge in [-0.05, 0) is 69.7 Å². The summed E-state index contributed by atoms with van der Waals surface area (Å²) < 4.78 is 2.22. The van der Waals surface area contributed by atoms with Crippen molar-refractivity contribution in [3.63, 3.8) is 0 Å². The monoisotopic (exact) mass is 345 g/mol. The molecule has 1 aromatic heterocycles. The fourth-order valence-corrected chi connectivity index (χ4v) is 4.70. The number of carbonyl (C=O) groups excluding carboxylic acids is 1. The zero-order valence-electron chi connectivity index (χ0n) is 15.9. The van der Waals surface area contributed by atoms with E-state index in [9.17, 15) is 4.79 Å². The molecule has 2 fully saturated rings. The van der Waals surface area contributed by atoms with Gasteiger partial charge in [0, 0.05) is 45.0 Å². The largest absolute Gasteiger partial charge is 0.354 e. The summed E-state index contributed by atoms with van der Waals surface area (Å²) in [4.78, 5) is 17.2. The number of nitrogens with zero attached hydrogens (tertiary/aromatic N) is 3. The average Bonchev–Trinajstić information content (AvgIpc) is 3.15. The fourth-order valence-electron chi connectivity index (χ4n) is 4.70. The van der Waals surface area contributed by atoms with Gasteiger partial charge >= 0.3 is 0 Å². The normalized spacial score (nSPS) is 24.0. The molecule has 3 rings (SSSR count). The second-order valence-corrected chi connectivity index (χ2v) is 8.01. The summed E-state index contributed by atoms with van der Waals surface area (Å²) in [6.45, 7) is 4.58. The van der Waals surface area contributed by atoms with Crippen LogP contribution in [0.5, 0.6) is 0 Å². The number of hydrogen-bond acceptors (Lipinski definition) is 2. The summed E-state index contributed by atoms with van der Waals surface area (Å²) >= 11 is 0. The van der Waals surface area contributed by atoms with Crippen molar-refractivity contribution in [3.8, 4) is 0 Å². The second kappa shape index (κ2) is 9.42. The molecule has 25 heavy (non-hydrogen) atoms. The van der Waals surface area contributed by atoms with Crippen molar-refractivity contribution in [2.45, 2.75) is 70.4 Å². The highest BCUT2D eigenvalue weighted by atomic mass is 16.2. The summed E-state index contributed by atoms with van der Waals surface area (Å²) in [5, 5.41) is 0. The Bertz CT molecular complexity index is 511. The Morgan fingerprint density at radius 2 is 1.84 bits per heavy atom. The molecule has 2 aliphatic heterocycles. The van der Waals surface area contributed by atoms with E-state index in [2.05, 4.69) is 34.0 Å². The smallest absolute Gasteiger partial charge is 0.222 e. The highest BCUT2D eigenvalue weighted by Gasteiger charge is 2.33. The summed E-state index contributed by atoms with van der Waals surface area (Å²) in [6, 6.07) is 4.87. The lowest BCUT2D eigenvalue weighted by molar-refractivity contribution is -0.131. The minimum atomic E-state index is 0.342. The molecule has 0 aliphatic carbocycles. The van der Waals surface area contributed by atoms with Crippen molar-refractivity contribution < 1.29 is 4.79 Å². The molecule has 0 bridgehead atoms. The van der Waals surface area contributed by atoms with Crippen LogP contribution in [-0.2, 0) is 11.3 Å². The zero-order chi connectivity index (χ0) is 17.5. The first-order valence-corrected chi connectivity index (χ1v) is 10.3. The fraction of sp³-hybridized carbons (Fsp3) is 0.762. The third-order valence-electron chi connectivity index (χ3n) is 6.14. The SMILES string of the molecule is CN(CC1CCCN2CCCCC12)C(=O)CCCCCn1cccc1. The van der Waals surface area contributed by atoms with Crippen LogP contribution in [0, 0.1) is 5.92 Å². The van der Waals surface area contributed by atoms with Gasteiger partial charge < -0.3 is 14.4 Å². The lowest BCUT2D eigenvalue weighted by Crippen LogP contribution is -2.51. The van der Waals surface area contributed by atoms with Gasteiger partial charge in [0.25, 0.3) is 0 Å². The van der Waals surface area contributed by atoms with Crippen LogP contribution in [0.15, 0.2) is 24.5 Å². The van der Waals surface area contributed by atoms with Crippen molar-refractivity contribution in [2.75, 3.05) is 26.7 Å². The molecule has 1 aromatic rings. The predicted molar refractivity (Wildman–Crippen MR) is 102 cm³/mol. The van der Waals surface area contributed by atoms with Gasteiger partial charge in [-0.2, -0.15) is 0 Å². The van der Waals surface area contributed by atoms with Crippen molar-refractivity contribution in [2.24, 2.45) is 5.92 Å². The molecule has 0 spiro atoms. The van der Waals surface area contributed by atoms with Crippen molar-refractivity contribution in [1.29, 1.82) is 0 Å². The van der Waals surface area contributed by atoms with Crippen LogP contribution < -0.4 is 0 Å². The topological polar surface area (TPSA) is 28.5 Å². The lowest BCUT2D eigenvalue weighted by Gasteiger charge is -2.45. The van der Waals surface area contributed by atoms with Crippen molar-refractivity contribution in [3.05, 3.63) is 24.5 Å². The molecule has 2 unspecified atom stereocenters. The predicted octanol–water partition coefficient (Wildman–Crippen LogP) is 3.77. The van der Waals surface area contributed by atoms with E-state index >= 15 is 0 Å². The van der Waals surface area contributed by atoms with Gasteiger partial charge in [0.2, 0.25) is 5.91 Å². The van der Waals surface area contributed by atoms with E-state index in [-0.39, 0.29) is 0 Å². The van der Waals surface area contributed by atoms with Crippen LogP contribution in [0.2, 0.25) is 0 Å². The maximum absolute atomic E-state index is 12.5. The van der Waals surface area contributed by atoms with E-state index in [1.165, 1.54) is 45.2 Å². The third-order valence-corrected chi connectivity index (χ3v) is 6.14. The van der Waals surface area contributed by atoms with Crippen LogP contribution in [0.3, 0.4) is 0 Å². The summed E-state index contributed by atoms with van der Waals surface area (Å²) in [7, 11) is 2.02. The Morgan fingerprint density at radius 3 is 2.68 bits per heavy atom. The Morgan fingerprint density at radius 1 is 1.04 bits per heavy atom. The molecule has 2 atom stereocenters. The Labute approximate surface area is 153 Å². The van der Waals surface area contributed by atoms with E-state index in [0.717, 1.165) is 38.4 Å². The molecule has 2 aliphatic rings. The molecule has 140 valence electrons. The lowest BCUT2D eigenvalue weighted by atomic mass is 9.83. The summed E-state index contributed by atoms with van der Waals surface area (Å²) in [6.07, 6.45) is 14.9. The van der Waals surface area contributed by atoms with E-state index in [1.54, 1.807) is 0 Å². The molecule has 0 N–H and O–H groups in total. The van der Waals surface area contributed by atoms with Gasteiger partial charge in [-0.3, -0.25) is 4.79 Å². The number of aryl methyl sites for hydroxylation is 1. The second-order valence-electron chi connectivity index (χ2n) is 8.01. The van der Waals surface area contributed by atoms with Crippen LogP contribution in [0.4, 0.5) is 0 Å². The van der Waals surface area contributed by atoms with Gasteiger partial charge in [0.1, 0.15) is 0 Å². The molecule has 0 saturated carbocycles. The maximum Gasteiger partial charge on any atom is 0.222 e. The molecule has 2 saturated heterocycles. The number of carbonyl (C=O) groups is 1. The summed E-state index contributed by atoms with van der Waals surface area (Å²) in [5.74, 6) is 1.03. The first kappa shape index (κ1) is 18.5. The highest BCUT2D eigenvalue weighted by molar-refractivity contribution is 5.75. The number of unbranched alkanes of at least 4 members (excludes halogenated alkanes) is 2. The molecule has 0 aromatic carbocycles. The Balaban J connectivity index is 1.34. The van der Waals surface area contributed by atoms with E-state index in [0.29, 0.717) is 18.2 Å². The number of amides is 1. The molecule has 3 heterocycles. The Hall–Kier alpha value is -1.29. The van der Waals surface area contributed by atoms with E-state index < -0.39 is 0 Å². The first-order valence-electron chi connectivity index (χ1n) is 10.3. The quantitative estimate of drug-likeness (QED) is 0.671. The highest BCUT2D eigenvalue weighted by Crippen LogP contribution is 2.31. The van der Waals surface area contributed by atoms with Gasteiger partial charge in [0.05, 0.1) is 0 Å². The van der Waals surface area contributed by atoms with E-state index in [4.69, 9.17) is 0 Å². The van der Waals surface area contributed by atoms with Crippen LogP contribution >= 0.6 is 0 Å². The minimum absolute atomic E-state index is 0.342. The van der Waals surface area contributed by atoms with Crippen molar-refractivity contribution >= 4 is 5.91 Å². The number of piperidine rings is 2. The molecule has 4 heteroatoms. The number of fused-ring (bicyclic) bond motifs is 1. The van der Waals surface area contributed by atoms with E-state index in [1.807, 2.05) is 11.9 Å². The van der Waals surface area contributed by atoms with Crippen LogP contribution in [0.1, 0.15) is 57.8 Å².